The summed E-state index contributed by atoms with van der Waals surface area (Å²) in [6.07, 6.45) is 4.60. The van der Waals surface area contributed by atoms with Gasteiger partial charge in [0.05, 0.1) is 16.5 Å². The molecule has 1 amide bonds. The van der Waals surface area contributed by atoms with Gasteiger partial charge in [-0.3, -0.25) is 9.78 Å². The van der Waals surface area contributed by atoms with Gasteiger partial charge in [-0.25, -0.2) is 13.8 Å². The molecule has 0 aliphatic carbocycles. The van der Waals surface area contributed by atoms with Gasteiger partial charge < -0.3 is 0 Å². The van der Waals surface area contributed by atoms with Crippen molar-refractivity contribution in [1.29, 1.82) is 0 Å². The van der Waals surface area contributed by atoms with Gasteiger partial charge in [0.2, 0.25) is 15.9 Å². The van der Waals surface area contributed by atoms with Crippen LogP contribution < -0.4 is 5.43 Å². The van der Waals surface area contributed by atoms with Crippen molar-refractivity contribution in [3.8, 4) is 0 Å². The van der Waals surface area contributed by atoms with Crippen molar-refractivity contribution in [2.24, 2.45) is 11.0 Å². The molecule has 2 aromatic rings. The molecular weight excluding hydrogens is 376 g/mol. The molecule has 2 heterocycles. The molecule has 1 aliphatic heterocycles. The van der Waals surface area contributed by atoms with E-state index in [4.69, 9.17) is 0 Å². The van der Waals surface area contributed by atoms with Gasteiger partial charge in [0.15, 0.2) is 0 Å². The van der Waals surface area contributed by atoms with Crippen molar-refractivity contribution in [2.45, 2.75) is 31.6 Å². The summed E-state index contributed by atoms with van der Waals surface area (Å²) in [7, 11) is -3.61. The van der Waals surface area contributed by atoms with Gasteiger partial charge in [-0.1, -0.05) is 23.8 Å². The predicted octanol–water partition coefficient (Wildman–Crippen LogP) is 2.33. The minimum atomic E-state index is -3.61. The number of pyridine rings is 1. The second kappa shape index (κ2) is 8.62. The summed E-state index contributed by atoms with van der Waals surface area (Å²) < 4.78 is 27.1. The van der Waals surface area contributed by atoms with Crippen LogP contribution in [0.3, 0.4) is 0 Å². The van der Waals surface area contributed by atoms with E-state index >= 15 is 0 Å². The van der Waals surface area contributed by atoms with Gasteiger partial charge in [-0.05, 0) is 44.9 Å². The van der Waals surface area contributed by atoms with Crippen LogP contribution in [0.4, 0.5) is 0 Å². The number of sulfonamides is 1. The van der Waals surface area contributed by atoms with Crippen molar-refractivity contribution in [3.63, 3.8) is 0 Å². The normalized spacial score (nSPS) is 18.6. The van der Waals surface area contributed by atoms with Gasteiger partial charge in [-0.15, -0.1) is 0 Å². The number of amides is 1. The van der Waals surface area contributed by atoms with E-state index in [1.54, 1.807) is 49.6 Å². The van der Waals surface area contributed by atoms with Crippen LogP contribution in [-0.4, -0.2) is 42.4 Å². The van der Waals surface area contributed by atoms with E-state index in [0.29, 0.717) is 25.1 Å². The lowest BCUT2D eigenvalue weighted by Crippen LogP contribution is -2.44. The van der Waals surface area contributed by atoms with Crippen LogP contribution in [0, 0.1) is 12.8 Å². The summed E-state index contributed by atoms with van der Waals surface area (Å²) in [5.74, 6) is -0.702. The van der Waals surface area contributed by atoms with E-state index in [0.717, 1.165) is 11.1 Å². The van der Waals surface area contributed by atoms with Crippen LogP contribution in [-0.2, 0) is 14.8 Å². The Morgan fingerprint density at radius 1 is 1.25 bits per heavy atom. The zero-order chi connectivity index (χ0) is 20.1. The molecule has 0 bridgehead atoms. The molecule has 3 rings (SSSR count). The fourth-order valence-electron chi connectivity index (χ4n) is 3.11. The molecule has 1 aromatic heterocycles. The summed E-state index contributed by atoms with van der Waals surface area (Å²) in [6.45, 7) is 4.26. The first-order chi connectivity index (χ1) is 13.4. The number of piperidine rings is 1. The number of nitrogens with zero attached hydrogens (tertiary/aromatic N) is 3. The summed E-state index contributed by atoms with van der Waals surface area (Å²) in [5, 5.41) is 4.13. The second-order valence-electron chi connectivity index (χ2n) is 6.93. The number of aryl methyl sites for hydroxylation is 1. The highest BCUT2D eigenvalue weighted by atomic mass is 32.2. The fourth-order valence-corrected chi connectivity index (χ4v) is 4.63. The largest absolute Gasteiger partial charge is 0.273 e. The molecule has 1 aromatic carbocycles. The molecule has 0 radical (unpaired) electrons. The molecule has 7 nitrogen and oxygen atoms in total. The maximum atomic E-state index is 12.9. The van der Waals surface area contributed by atoms with E-state index in [9.17, 15) is 13.2 Å². The lowest BCUT2D eigenvalue weighted by Gasteiger charge is -2.30. The van der Waals surface area contributed by atoms with Crippen molar-refractivity contribution in [2.75, 3.05) is 13.1 Å². The first kappa shape index (κ1) is 20.2. The molecule has 1 N–H and O–H groups in total. The Kier molecular flexibility index (Phi) is 6.21. The molecule has 28 heavy (non-hydrogen) atoms. The number of hydrogen-bond donors (Lipinski definition) is 1. The van der Waals surface area contributed by atoms with Gasteiger partial charge in [0.25, 0.3) is 0 Å². The average Bonchev–Trinajstić information content (AvgIpc) is 2.72. The molecule has 0 spiro atoms. The third kappa shape index (κ3) is 4.63. The van der Waals surface area contributed by atoms with Crippen LogP contribution in [0.25, 0.3) is 0 Å². The maximum Gasteiger partial charge on any atom is 0.244 e. The lowest BCUT2D eigenvalue weighted by atomic mass is 9.99. The molecule has 148 valence electrons. The van der Waals surface area contributed by atoms with Crippen molar-refractivity contribution in [1.82, 2.24) is 14.7 Å². The fraction of sp³-hybridized carbons (Fsp3) is 0.350. The molecule has 0 saturated carbocycles. The van der Waals surface area contributed by atoms with Crippen LogP contribution in [0.1, 0.15) is 30.9 Å². The molecule has 1 atom stereocenters. The monoisotopic (exact) mass is 400 g/mol. The SMILES string of the molecule is C/C(=N/NC(=O)[C@H]1CCCN(S(=O)(=O)c2ccc(C)cc2)C1)c1cccnc1. The zero-order valence-corrected chi connectivity index (χ0v) is 16.8. The minimum Gasteiger partial charge on any atom is -0.273 e. The molecule has 0 unspecified atom stereocenters. The quantitative estimate of drug-likeness (QED) is 0.616. The first-order valence-corrected chi connectivity index (χ1v) is 10.6. The third-order valence-electron chi connectivity index (χ3n) is 4.83. The van der Waals surface area contributed by atoms with Crippen LogP contribution in [0.15, 0.2) is 58.8 Å². The van der Waals surface area contributed by atoms with E-state index < -0.39 is 15.9 Å². The molecule has 1 fully saturated rings. The van der Waals surface area contributed by atoms with Crippen LogP contribution in [0.2, 0.25) is 0 Å². The minimum absolute atomic E-state index is 0.156. The standard InChI is InChI=1S/C20H24N4O3S/c1-15-7-9-19(10-8-15)28(26,27)24-12-4-6-18(14-24)20(25)23-22-16(2)17-5-3-11-21-13-17/h3,5,7-11,13,18H,4,6,12,14H2,1-2H3,(H,23,25)/b22-16-/t18-/m0/s1. The Hall–Kier alpha value is -2.58. The first-order valence-electron chi connectivity index (χ1n) is 9.19. The van der Waals surface area contributed by atoms with Crippen molar-refractivity contribution in [3.05, 3.63) is 59.9 Å². The van der Waals surface area contributed by atoms with E-state index in [2.05, 4.69) is 15.5 Å². The molecule has 8 heteroatoms. The van der Waals surface area contributed by atoms with Crippen LogP contribution >= 0.6 is 0 Å². The van der Waals surface area contributed by atoms with E-state index in [-0.39, 0.29) is 17.3 Å². The summed E-state index contributed by atoms with van der Waals surface area (Å²) >= 11 is 0. The Labute approximate surface area is 165 Å². The topological polar surface area (TPSA) is 91.7 Å². The number of nitrogens with one attached hydrogen (secondary N) is 1. The number of hydrogen-bond acceptors (Lipinski definition) is 5. The lowest BCUT2D eigenvalue weighted by molar-refractivity contribution is -0.126. The molecular formula is C20H24N4O3S. The number of hydrazone groups is 1. The summed E-state index contributed by atoms with van der Waals surface area (Å²) in [5.41, 5.74) is 5.02. The number of rotatable bonds is 5. The highest BCUT2D eigenvalue weighted by Gasteiger charge is 2.33. The van der Waals surface area contributed by atoms with Crippen molar-refractivity contribution >= 4 is 21.6 Å². The Morgan fingerprint density at radius 3 is 2.68 bits per heavy atom. The predicted molar refractivity (Wildman–Crippen MR) is 107 cm³/mol. The number of aromatic nitrogens is 1. The zero-order valence-electron chi connectivity index (χ0n) is 16.0. The number of benzene rings is 1. The number of carbonyl (C=O) groups is 1. The van der Waals surface area contributed by atoms with E-state index in [1.165, 1.54) is 4.31 Å². The van der Waals surface area contributed by atoms with Crippen LogP contribution in [0.5, 0.6) is 0 Å². The highest BCUT2D eigenvalue weighted by Crippen LogP contribution is 2.24. The van der Waals surface area contributed by atoms with Gasteiger partial charge in [-0.2, -0.15) is 9.41 Å². The molecule has 1 aliphatic rings. The van der Waals surface area contributed by atoms with Gasteiger partial charge in [0, 0.05) is 31.0 Å². The third-order valence-corrected chi connectivity index (χ3v) is 6.71. The van der Waals surface area contributed by atoms with Gasteiger partial charge in [0.1, 0.15) is 0 Å². The Balaban J connectivity index is 1.67. The Morgan fingerprint density at radius 2 is 2.00 bits per heavy atom. The number of carbonyl (C=O) groups excluding carboxylic acids is 1. The second-order valence-corrected chi connectivity index (χ2v) is 8.87. The average molecular weight is 401 g/mol. The maximum absolute atomic E-state index is 12.9. The van der Waals surface area contributed by atoms with E-state index in [1.807, 2.05) is 13.0 Å². The van der Waals surface area contributed by atoms with Gasteiger partial charge >= 0.3 is 0 Å². The smallest absolute Gasteiger partial charge is 0.244 e. The molecule has 1 saturated heterocycles. The van der Waals surface area contributed by atoms with Crippen molar-refractivity contribution < 1.29 is 13.2 Å². The summed E-state index contributed by atoms with van der Waals surface area (Å²) in [4.78, 5) is 16.8. The highest BCUT2D eigenvalue weighted by molar-refractivity contribution is 7.89. The summed E-state index contributed by atoms with van der Waals surface area (Å²) in [6, 6.07) is 10.4. The Bertz CT molecular complexity index is 957.